The Morgan fingerprint density at radius 3 is 3.27 bits per heavy atom. The molecule has 2 heterocycles. The number of aromatic nitrogens is 2. The van der Waals surface area contributed by atoms with Crippen LogP contribution in [0.3, 0.4) is 0 Å². The van der Waals surface area contributed by atoms with Gasteiger partial charge in [0.05, 0.1) is 19.8 Å². The second kappa shape index (κ2) is 5.25. The Kier molecular flexibility index (Phi) is 3.71. The van der Waals surface area contributed by atoms with Gasteiger partial charge in [0, 0.05) is 18.4 Å². The van der Waals surface area contributed by atoms with Crippen LogP contribution in [0.1, 0.15) is 24.5 Å². The Bertz CT molecular complexity index is 295. The summed E-state index contributed by atoms with van der Waals surface area (Å²) in [6.07, 6.45) is 1.81. The van der Waals surface area contributed by atoms with Crippen molar-refractivity contribution in [2.75, 3.05) is 26.4 Å². The van der Waals surface area contributed by atoms with Crippen molar-refractivity contribution in [2.45, 2.75) is 19.6 Å². The number of nitrogens with one attached hydrogen (secondary N) is 2. The maximum atomic E-state index is 5.54. The number of hydrogen-bond acceptors (Lipinski definition) is 4. The van der Waals surface area contributed by atoms with Crippen molar-refractivity contribution in [1.29, 1.82) is 0 Å². The lowest BCUT2D eigenvalue weighted by atomic mass is 10.3. The summed E-state index contributed by atoms with van der Waals surface area (Å²) in [7, 11) is 0. The average Bonchev–Trinajstić information content (AvgIpc) is 2.76. The highest BCUT2D eigenvalue weighted by atomic mass is 16.6. The summed E-state index contributed by atoms with van der Waals surface area (Å²) in [6.45, 7) is 5.77. The van der Waals surface area contributed by atoms with Gasteiger partial charge in [-0.1, -0.05) is 6.92 Å². The van der Waals surface area contributed by atoms with Gasteiger partial charge in [-0.25, -0.2) is 4.98 Å². The van der Waals surface area contributed by atoms with Crippen LogP contribution < -0.4 is 5.32 Å². The first-order valence-corrected chi connectivity index (χ1v) is 5.34. The minimum Gasteiger partial charge on any atom is -0.376 e. The van der Waals surface area contributed by atoms with Gasteiger partial charge >= 0.3 is 0 Å². The summed E-state index contributed by atoms with van der Waals surface area (Å²) in [5.41, 5.74) is 1.08. The van der Waals surface area contributed by atoms with Crippen molar-refractivity contribution in [3.8, 4) is 0 Å². The number of ether oxygens (including phenoxy) is 2. The van der Waals surface area contributed by atoms with E-state index in [-0.39, 0.29) is 6.10 Å². The lowest BCUT2D eigenvalue weighted by Gasteiger charge is -2.20. The van der Waals surface area contributed by atoms with Crippen molar-refractivity contribution in [1.82, 2.24) is 15.3 Å². The summed E-state index contributed by atoms with van der Waals surface area (Å²) < 4.78 is 10.9. The molecule has 1 atom stereocenters. The fraction of sp³-hybridized carbons (Fsp3) is 0.700. The molecule has 1 aromatic rings. The van der Waals surface area contributed by atoms with E-state index in [4.69, 9.17) is 9.47 Å². The van der Waals surface area contributed by atoms with E-state index >= 15 is 0 Å². The highest BCUT2D eigenvalue weighted by Crippen LogP contribution is 2.17. The second-order valence-corrected chi connectivity index (χ2v) is 3.51. The molecule has 5 heteroatoms. The number of nitrogens with zero attached hydrogens (tertiary/aromatic N) is 1. The minimum absolute atomic E-state index is 0.0332. The third kappa shape index (κ3) is 2.77. The van der Waals surface area contributed by atoms with Crippen LogP contribution in [0.4, 0.5) is 0 Å². The lowest BCUT2D eigenvalue weighted by molar-refractivity contribution is -0.0932. The molecule has 0 amide bonds. The second-order valence-electron chi connectivity index (χ2n) is 3.51. The predicted octanol–water partition coefficient (Wildman–Crippen LogP) is 0.607. The Hall–Kier alpha value is -0.910. The first-order valence-electron chi connectivity index (χ1n) is 5.34. The van der Waals surface area contributed by atoms with E-state index in [0.717, 1.165) is 24.6 Å². The Morgan fingerprint density at radius 2 is 2.53 bits per heavy atom. The van der Waals surface area contributed by atoms with Crippen molar-refractivity contribution in [3.63, 3.8) is 0 Å². The van der Waals surface area contributed by atoms with Crippen LogP contribution in [0.2, 0.25) is 0 Å². The molecular formula is C10H17N3O2. The standard InChI is InChI=1S/C10H17N3O2/c1-2-11-5-8-6-12-10(13-8)9-7-14-3-4-15-9/h6,9,11H,2-5,7H2,1H3,(H,12,13). The number of H-pyrrole nitrogens is 1. The van der Waals surface area contributed by atoms with E-state index in [0.29, 0.717) is 19.8 Å². The molecule has 1 aromatic heterocycles. The molecule has 1 aliphatic rings. The van der Waals surface area contributed by atoms with E-state index in [9.17, 15) is 0 Å². The Balaban J connectivity index is 1.93. The summed E-state index contributed by atoms with van der Waals surface area (Å²) >= 11 is 0. The zero-order valence-corrected chi connectivity index (χ0v) is 8.95. The van der Waals surface area contributed by atoms with E-state index < -0.39 is 0 Å². The molecule has 1 fully saturated rings. The first-order chi connectivity index (χ1) is 7.40. The van der Waals surface area contributed by atoms with Gasteiger partial charge in [-0.15, -0.1) is 0 Å². The molecule has 0 spiro atoms. The topological polar surface area (TPSA) is 59.2 Å². The molecular weight excluding hydrogens is 194 g/mol. The summed E-state index contributed by atoms with van der Waals surface area (Å²) in [4.78, 5) is 7.53. The van der Waals surface area contributed by atoms with Gasteiger partial charge in [0.2, 0.25) is 0 Å². The third-order valence-electron chi connectivity index (χ3n) is 2.33. The van der Waals surface area contributed by atoms with Gasteiger partial charge in [-0.3, -0.25) is 0 Å². The number of aromatic amines is 1. The number of rotatable bonds is 4. The van der Waals surface area contributed by atoms with Gasteiger partial charge in [-0.05, 0) is 6.54 Å². The monoisotopic (exact) mass is 211 g/mol. The molecule has 1 aliphatic heterocycles. The van der Waals surface area contributed by atoms with Crippen LogP contribution in [0.25, 0.3) is 0 Å². The van der Waals surface area contributed by atoms with Crippen molar-refractivity contribution in [3.05, 3.63) is 17.7 Å². The minimum atomic E-state index is -0.0332. The van der Waals surface area contributed by atoms with E-state index in [1.165, 1.54) is 0 Å². The highest BCUT2D eigenvalue weighted by molar-refractivity contribution is 5.03. The molecule has 0 radical (unpaired) electrons. The largest absolute Gasteiger partial charge is 0.376 e. The molecule has 5 nitrogen and oxygen atoms in total. The summed E-state index contributed by atoms with van der Waals surface area (Å²) in [5, 5.41) is 3.24. The lowest BCUT2D eigenvalue weighted by Crippen LogP contribution is -2.22. The highest BCUT2D eigenvalue weighted by Gasteiger charge is 2.19. The van der Waals surface area contributed by atoms with Crippen molar-refractivity contribution in [2.24, 2.45) is 0 Å². The molecule has 2 rings (SSSR count). The van der Waals surface area contributed by atoms with E-state index in [1.54, 1.807) is 0 Å². The summed E-state index contributed by atoms with van der Waals surface area (Å²) in [6, 6.07) is 0. The molecule has 0 saturated carbocycles. The molecule has 2 N–H and O–H groups in total. The fourth-order valence-corrected chi connectivity index (χ4v) is 1.54. The average molecular weight is 211 g/mol. The summed E-state index contributed by atoms with van der Waals surface area (Å²) in [5.74, 6) is 0.864. The maximum absolute atomic E-state index is 5.54. The molecule has 15 heavy (non-hydrogen) atoms. The molecule has 0 aliphatic carbocycles. The number of hydrogen-bond donors (Lipinski definition) is 2. The van der Waals surface area contributed by atoms with Gasteiger partial charge in [0.1, 0.15) is 11.9 Å². The van der Waals surface area contributed by atoms with E-state index in [1.807, 2.05) is 6.20 Å². The van der Waals surface area contributed by atoms with Gasteiger partial charge in [0.25, 0.3) is 0 Å². The maximum Gasteiger partial charge on any atom is 0.138 e. The van der Waals surface area contributed by atoms with Gasteiger partial charge < -0.3 is 19.8 Å². The molecule has 0 aromatic carbocycles. The zero-order valence-electron chi connectivity index (χ0n) is 8.95. The normalized spacial score (nSPS) is 21.8. The zero-order chi connectivity index (χ0) is 10.5. The van der Waals surface area contributed by atoms with Crippen LogP contribution in [0.15, 0.2) is 6.20 Å². The third-order valence-corrected chi connectivity index (χ3v) is 2.33. The van der Waals surface area contributed by atoms with Crippen molar-refractivity contribution < 1.29 is 9.47 Å². The van der Waals surface area contributed by atoms with Gasteiger partial charge in [-0.2, -0.15) is 0 Å². The number of imidazole rings is 1. The molecule has 84 valence electrons. The molecule has 1 saturated heterocycles. The van der Waals surface area contributed by atoms with Gasteiger partial charge in [0.15, 0.2) is 0 Å². The SMILES string of the molecule is CCNCc1cnc(C2COCCO2)[nH]1. The van der Waals surface area contributed by atoms with E-state index in [2.05, 4.69) is 22.2 Å². The van der Waals surface area contributed by atoms with Crippen molar-refractivity contribution >= 4 is 0 Å². The van der Waals surface area contributed by atoms with Crippen LogP contribution in [0.5, 0.6) is 0 Å². The quantitative estimate of drug-likeness (QED) is 0.766. The fourth-order valence-electron chi connectivity index (χ4n) is 1.54. The Morgan fingerprint density at radius 1 is 1.60 bits per heavy atom. The van der Waals surface area contributed by atoms with Crippen LogP contribution >= 0.6 is 0 Å². The molecule has 1 unspecified atom stereocenters. The molecule has 0 bridgehead atoms. The van der Waals surface area contributed by atoms with Crippen LogP contribution in [0, 0.1) is 0 Å². The predicted molar refractivity (Wildman–Crippen MR) is 55.5 cm³/mol. The van der Waals surface area contributed by atoms with Crippen LogP contribution in [-0.2, 0) is 16.0 Å². The first kappa shape index (κ1) is 10.6. The Labute approximate surface area is 89.2 Å². The van der Waals surface area contributed by atoms with Crippen LogP contribution in [-0.4, -0.2) is 36.3 Å². The smallest absolute Gasteiger partial charge is 0.138 e.